The Bertz CT molecular complexity index is 389. The highest BCUT2D eigenvalue weighted by molar-refractivity contribution is 5.01. The van der Waals surface area contributed by atoms with Crippen molar-refractivity contribution in [1.82, 2.24) is 0 Å². The van der Waals surface area contributed by atoms with Crippen LogP contribution in [0.3, 0.4) is 0 Å². The smallest absolute Gasteiger partial charge is 0.0641 e. The molecule has 2 fully saturated rings. The van der Waals surface area contributed by atoms with E-state index in [4.69, 9.17) is 0 Å². The van der Waals surface area contributed by atoms with Gasteiger partial charge in [-0.25, -0.2) is 0 Å². The molecule has 0 aliphatic heterocycles. The Morgan fingerprint density at radius 2 is 0.909 bits per heavy atom. The Kier molecular flexibility index (Phi) is 42.0. The minimum atomic E-state index is 0.653. The lowest BCUT2D eigenvalue weighted by Gasteiger charge is -2.22. The Hall–Kier alpha value is -1.12. The first-order chi connectivity index (χ1) is 16.0. The van der Waals surface area contributed by atoms with Gasteiger partial charge in [-0.3, -0.25) is 0 Å². The summed E-state index contributed by atoms with van der Waals surface area (Å²) < 4.78 is 9.15. The van der Waals surface area contributed by atoms with E-state index in [1.165, 1.54) is 81.8 Å². The number of allylic oxidation sites excluding steroid dienone is 2. The van der Waals surface area contributed by atoms with Gasteiger partial charge in [0.05, 0.1) is 13.2 Å². The largest absolute Gasteiger partial charge is 0.381 e. The van der Waals surface area contributed by atoms with Crippen molar-refractivity contribution in [3.05, 3.63) is 49.6 Å². The highest BCUT2D eigenvalue weighted by atomic mass is 16.5. The van der Waals surface area contributed by atoms with Gasteiger partial charge >= 0.3 is 0 Å². The van der Waals surface area contributed by atoms with Gasteiger partial charge in [-0.1, -0.05) is 110 Å². The van der Waals surface area contributed by atoms with E-state index < -0.39 is 0 Å². The number of methoxy groups -OCH3 is 2. The third-order valence-corrected chi connectivity index (χ3v) is 5.59. The monoisotopic (exact) mass is 466 g/mol. The van der Waals surface area contributed by atoms with Crippen LogP contribution in [0.1, 0.15) is 112 Å². The van der Waals surface area contributed by atoms with Gasteiger partial charge < -0.3 is 9.47 Å². The maximum absolute atomic E-state index is 4.57. The molecule has 198 valence electrons. The van der Waals surface area contributed by atoms with Crippen molar-refractivity contribution in [1.29, 1.82) is 0 Å². The van der Waals surface area contributed by atoms with Crippen molar-refractivity contribution >= 4 is 0 Å². The second-order valence-corrected chi connectivity index (χ2v) is 7.83. The zero-order chi connectivity index (χ0) is 26.3. The molecule has 0 N–H and O–H groups in total. The molecular formula is C31H62O2. The van der Waals surface area contributed by atoms with Gasteiger partial charge in [-0.05, 0) is 50.4 Å². The van der Waals surface area contributed by atoms with E-state index in [1.54, 1.807) is 26.4 Å². The summed E-state index contributed by atoms with van der Waals surface area (Å²) >= 11 is 0. The van der Waals surface area contributed by atoms with Gasteiger partial charge in [0.1, 0.15) is 0 Å². The van der Waals surface area contributed by atoms with Crippen LogP contribution in [-0.2, 0) is 9.47 Å². The SMILES string of the molecule is C=C(CC)C1CCCC1.C=C(CC)C1CCCCC1.C=CCOC.C=CCOC.CC.CC. The Labute approximate surface area is 210 Å². The molecule has 33 heavy (non-hydrogen) atoms. The van der Waals surface area contributed by atoms with Crippen LogP contribution in [0.25, 0.3) is 0 Å². The zero-order valence-electron chi connectivity index (χ0n) is 24.1. The summed E-state index contributed by atoms with van der Waals surface area (Å²) in [5.41, 5.74) is 2.97. The summed E-state index contributed by atoms with van der Waals surface area (Å²) in [5.74, 6) is 1.76. The van der Waals surface area contributed by atoms with Gasteiger partial charge in [-0.2, -0.15) is 0 Å². The van der Waals surface area contributed by atoms with Crippen LogP contribution < -0.4 is 0 Å². The molecule has 2 rings (SSSR count). The predicted molar refractivity (Wildman–Crippen MR) is 154 cm³/mol. The molecule has 2 heteroatoms. The Morgan fingerprint density at radius 1 is 0.636 bits per heavy atom. The van der Waals surface area contributed by atoms with E-state index >= 15 is 0 Å². The third kappa shape index (κ3) is 28.8. The minimum Gasteiger partial charge on any atom is -0.381 e. The summed E-state index contributed by atoms with van der Waals surface area (Å²) in [6.45, 7) is 28.7. The molecule has 0 aromatic heterocycles. The number of hydrogen-bond acceptors (Lipinski definition) is 2. The van der Waals surface area contributed by atoms with Crippen molar-refractivity contribution in [2.24, 2.45) is 11.8 Å². The maximum atomic E-state index is 4.57. The fraction of sp³-hybridized carbons (Fsp3) is 0.742. The quantitative estimate of drug-likeness (QED) is 0.331. The average Bonchev–Trinajstić information content (AvgIpc) is 3.43. The van der Waals surface area contributed by atoms with Gasteiger partial charge in [0, 0.05) is 14.2 Å². The summed E-state index contributed by atoms with van der Waals surface area (Å²) in [6, 6.07) is 0. The van der Waals surface area contributed by atoms with E-state index in [2.05, 4.69) is 49.6 Å². The standard InChI is InChI=1S/C10H18.C9H16.2C4H8O.2C2H6/c1-3-9(2)10-7-5-4-6-8-10;1-3-8(2)9-6-4-5-7-9;2*1-3-4-5-2;2*1-2/h10H,2-8H2,1H3;9H,2-7H2,1H3;2*3H,1,4H2,2H3;2*1-2H3. The third-order valence-electron chi connectivity index (χ3n) is 5.59. The van der Waals surface area contributed by atoms with E-state index in [0.717, 1.165) is 11.8 Å². The van der Waals surface area contributed by atoms with Crippen LogP contribution >= 0.6 is 0 Å². The van der Waals surface area contributed by atoms with Crippen LogP contribution in [0.15, 0.2) is 49.6 Å². The first kappa shape index (κ1) is 39.1. The van der Waals surface area contributed by atoms with Crippen molar-refractivity contribution in [3.63, 3.8) is 0 Å². The summed E-state index contributed by atoms with van der Waals surface area (Å²) in [5, 5.41) is 0. The molecular weight excluding hydrogens is 404 g/mol. The van der Waals surface area contributed by atoms with Crippen LogP contribution in [0.2, 0.25) is 0 Å². The molecule has 0 spiro atoms. The second kappa shape index (κ2) is 35.5. The van der Waals surface area contributed by atoms with Gasteiger partial charge in [0.25, 0.3) is 0 Å². The molecule has 0 aromatic rings. The van der Waals surface area contributed by atoms with Crippen LogP contribution in [0, 0.1) is 11.8 Å². The van der Waals surface area contributed by atoms with Crippen molar-refractivity contribution in [2.45, 2.75) is 112 Å². The molecule has 2 nitrogen and oxygen atoms in total. The first-order valence-electron chi connectivity index (χ1n) is 13.6. The molecule has 0 radical (unpaired) electrons. The number of rotatable bonds is 8. The molecule has 0 atom stereocenters. The summed E-state index contributed by atoms with van der Waals surface area (Å²) in [7, 11) is 3.28. The van der Waals surface area contributed by atoms with E-state index in [0.29, 0.717) is 13.2 Å². The van der Waals surface area contributed by atoms with Crippen LogP contribution in [0.4, 0.5) is 0 Å². The van der Waals surface area contributed by atoms with Crippen LogP contribution in [-0.4, -0.2) is 27.4 Å². The minimum absolute atomic E-state index is 0.653. The Balaban J connectivity index is -0.000000168. The summed E-state index contributed by atoms with van der Waals surface area (Å²) in [6.07, 6.45) is 18.6. The lowest BCUT2D eigenvalue weighted by Crippen LogP contribution is -2.07. The average molecular weight is 467 g/mol. The van der Waals surface area contributed by atoms with E-state index in [1.807, 2.05) is 27.7 Å². The fourth-order valence-electron chi connectivity index (χ4n) is 3.66. The lowest BCUT2D eigenvalue weighted by molar-refractivity contribution is 0.234. The van der Waals surface area contributed by atoms with Gasteiger partial charge in [-0.15, -0.1) is 13.2 Å². The maximum Gasteiger partial charge on any atom is 0.0641 e. The molecule has 0 amide bonds. The summed E-state index contributed by atoms with van der Waals surface area (Å²) in [4.78, 5) is 0. The highest BCUT2D eigenvalue weighted by Crippen LogP contribution is 2.31. The second-order valence-electron chi connectivity index (χ2n) is 7.83. The van der Waals surface area contributed by atoms with E-state index in [9.17, 15) is 0 Å². The zero-order valence-corrected chi connectivity index (χ0v) is 24.1. The van der Waals surface area contributed by atoms with Gasteiger partial charge in [0.2, 0.25) is 0 Å². The van der Waals surface area contributed by atoms with Crippen molar-refractivity contribution in [3.8, 4) is 0 Å². The number of ether oxygens (including phenoxy) is 2. The molecule has 0 aromatic carbocycles. The molecule has 2 saturated carbocycles. The molecule has 0 bridgehead atoms. The van der Waals surface area contributed by atoms with Crippen molar-refractivity contribution < 1.29 is 9.47 Å². The van der Waals surface area contributed by atoms with Crippen molar-refractivity contribution in [2.75, 3.05) is 27.4 Å². The van der Waals surface area contributed by atoms with Gasteiger partial charge in [0.15, 0.2) is 0 Å². The normalized spacial score (nSPS) is 14.5. The van der Waals surface area contributed by atoms with E-state index in [-0.39, 0.29) is 0 Å². The lowest BCUT2D eigenvalue weighted by atomic mass is 9.83. The highest BCUT2D eigenvalue weighted by Gasteiger charge is 2.16. The first-order valence-corrected chi connectivity index (χ1v) is 13.6. The molecule has 0 unspecified atom stereocenters. The number of hydrogen-bond donors (Lipinski definition) is 0. The molecule has 0 heterocycles. The molecule has 2 aliphatic carbocycles. The fourth-order valence-corrected chi connectivity index (χ4v) is 3.66. The van der Waals surface area contributed by atoms with Crippen LogP contribution in [0.5, 0.6) is 0 Å². The topological polar surface area (TPSA) is 18.5 Å². The Morgan fingerprint density at radius 3 is 1.09 bits per heavy atom. The predicted octanol–water partition coefficient (Wildman–Crippen LogP) is 10.4. The molecule has 2 aliphatic rings. The molecule has 0 saturated heterocycles.